The molecule has 2 heterocycles. The Balaban J connectivity index is 1.95. The number of anilines is 3. The number of nitrogens with two attached hydrogens (primary N) is 1. The Bertz CT molecular complexity index is 669. The van der Waals surface area contributed by atoms with E-state index >= 15 is 0 Å². The summed E-state index contributed by atoms with van der Waals surface area (Å²) in [6, 6.07) is 5.72. The first-order chi connectivity index (χ1) is 8.20. The molecule has 0 aliphatic heterocycles. The lowest BCUT2D eigenvalue weighted by molar-refractivity contribution is 0.768. The van der Waals surface area contributed by atoms with Gasteiger partial charge in [-0.1, -0.05) is 11.3 Å². The van der Waals surface area contributed by atoms with Gasteiger partial charge in [0.05, 0.1) is 22.1 Å². The van der Waals surface area contributed by atoms with Crippen LogP contribution in [0.15, 0.2) is 30.6 Å². The molecule has 6 heteroatoms. The van der Waals surface area contributed by atoms with E-state index in [1.807, 2.05) is 31.4 Å². The fourth-order valence-corrected chi connectivity index (χ4v) is 2.54. The van der Waals surface area contributed by atoms with E-state index in [9.17, 15) is 0 Å². The zero-order valence-corrected chi connectivity index (χ0v) is 10.0. The van der Waals surface area contributed by atoms with Crippen molar-refractivity contribution in [2.45, 2.75) is 0 Å². The second kappa shape index (κ2) is 3.74. The van der Waals surface area contributed by atoms with Gasteiger partial charge in [-0.3, -0.25) is 4.68 Å². The lowest BCUT2D eigenvalue weighted by Gasteiger charge is -1.94. The summed E-state index contributed by atoms with van der Waals surface area (Å²) in [6.45, 7) is 0. The number of nitrogens with one attached hydrogen (secondary N) is 1. The summed E-state index contributed by atoms with van der Waals surface area (Å²) in [5.74, 6) is 0. The minimum absolute atomic E-state index is 0.758. The molecule has 5 nitrogen and oxygen atoms in total. The summed E-state index contributed by atoms with van der Waals surface area (Å²) in [7, 11) is 1.88. The second-order valence-electron chi connectivity index (χ2n) is 3.77. The SMILES string of the molecule is Cn1cc(Nc2nc3ccc(N)cc3s2)cn1. The van der Waals surface area contributed by atoms with Crippen LogP contribution < -0.4 is 11.1 Å². The van der Waals surface area contributed by atoms with Crippen LogP contribution >= 0.6 is 11.3 Å². The Morgan fingerprint density at radius 3 is 3.06 bits per heavy atom. The Morgan fingerprint density at radius 2 is 2.29 bits per heavy atom. The fraction of sp³-hybridized carbons (Fsp3) is 0.0909. The van der Waals surface area contributed by atoms with Crippen LogP contribution in [0.4, 0.5) is 16.5 Å². The number of aromatic nitrogens is 3. The van der Waals surface area contributed by atoms with E-state index in [2.05, 4.69) is 15.4 Å². The smallest absolute Gasteiger partial charge is 0.188 e. The molecule has 2 aromatic heterocycles. The van der Waals surface area contributed by atoms with Crippen molar-refractivity contribution in [2.24, 2.45) is 7.05 Å². The largest absolute Gasteiger partial charge is 0.399 e. The average molecular weight is 245 g/mol. The van der Waals surface area contributed by atoms with Gasteiger partial charge in [-0.25, -0.2) is 4.98 Å². The van der Waals surface area contributed by atoms with Crippen molar-refractivity contribution in [3.05, 3.63) is 30.6 Å². The molecule has 1 aromatic carbocycles. The lowest BCUT2D eigenvalue weighted by Crippen LogP contribution is -1.87. The van der Waals surface area contributed by atoms with E-state index in [0.717, 1.165) is 26.7 Å². The van der Waals surface area contributed by atoms with Gasteiger partial charge in [0.1, 0.15) is 0 Å². The van der Waals surface area contributed by atoms with E-state index in [0.29, 0.717) is 0 Å². The van der Waals surface area contributed by atoms with E-state index in [1.54, 1.807) is 22.2 Å². The monoisotopic (exact) mass is 245 g/mol. The normalized spacial score (nSPS) is 10.9. The molecule has 0 saturated heterocycles. The Hall–Kier alpha value is -2.08. The summed E-state index contributed by atoms with van der Waals surface area (Å²) >= 11 is 1.58. The highest BCUT2D eigenvalue weighted by molar-refractivity contribution is 7.22. The quantitative estimate of drug-likeness (QED) is 0.680. The summed E-state index contributed by atoms with van der Waals surface area (Å²) < 4.78 is 2.82. The first-order valence-corrected chi connectivity index (χ1v) is 5.94. The molecule has 0 aliphatic carbocycles. The van der Waals surface area contributed by atoms with Crippen LogP contribution in [0.3, 0.4) is 0 Å². The highest BCUT2D eigenvalue weighted by atomic mass is 32.1. The molecule has 0 fully saturated rings. The van der Waals surface area contributed by atoms with Crippen LogP contribution in [0.25, 0.3) is 10.2 Å². The predicted octanol–water partition coefficient (Wildman–Crippen LogP) is 2.36. The fourth-order valence-electron chi connectivity index (χ4n) is 1.60. The molecule has 0 bridgehead atoms. The van der Waals surface area contributed by atoms with Crippen molar-refractivity contribution >= 4 is 38.1 Å². The van der Waals surface area contributed by atoms with Gasteiger partial charge < -0.3 is 11.1 Å². The van der Waals surface area contributed by atoms with Crippen LogP contribution in [-0.4, -0.2) is 14.8 Å². The number of thiazole rings is 1. The third-order valence-electron chi connectivity index (χ3n) is 2.37. The van der Waals surface area contributed by atoms with E-state index in [4.69, 9.17) is 5.73 Å². The molecule has 0 atom stereocenters. The van der Waals surface area contributed by atoms with Crippen LogP contribution in [0.5, 0.6) is 0 Å². The molecular weight excluding hydrogens is 234 g/mol. The first-order valence-electron chi connectivity index (χ1n) is 5.12. The van der Waals surface area contributed by atoms with Crippen LogP contribution in [0.2, 0.25) is 0 Å². The van der Waals surface area contributed by atoms with Gasteiger partial charge in [0.15, 0.2) is 5.13 Å². The number of hydrogen-bond acceptors (Lipinski definition) is 5. The zero-order valence-electron chi connectivity index (χ0n) is 9.21. The molecule has 3 rings (SSSR count). The highest BCUT2D eigenvalue weighted by Gasteiger charge is 2.05. The minimum atomic E-state index is 0.758. The van der Waals surface area contributed by atoms with E-state index < -0.39 is 0 Å². The molecule has 0 spiro atoms. The number of aryl methyl sites for hydroxylation is 1. The molecule has 0 saturated carbocycles. The highest BCUT2D eigenvalue weighted by Crippen LogP contribution is 2.29. The van der Waals surface area contributed by atoms with Gasteiger partial charge in [-0.05, 0) is 18.2 Å². The maximum Gasteiger partial charge on any atom is 0.188 e. The number of hydrogen-bond donors (Lipinski definition) is 2. The Morgan fingerprint density at radius 1 is 1.41 bits per heavy atom. The number of rotatable bonds is 2. The van der Waals surface area contributed by atoms with E-state index in [-0.39, 0.29) is 0 Å². The van der Waals surface area contributed by atoms with Gasteiger partial charge in [0.2, 0.25) is 0 Å². The van der Waals surface area contributed by atoms with Crippen molar-refractivity contribution in [1.29, 1.82) is 0 Å². The van der Waals surface area contributed by atoms with Gasteiger partial charge in [-0.15, -0.1) is 0 Å². The first kappa shape index (κ1) is 10.1. The van der Waals surface area contributed by atoms with Gasteiger partial charge in [-0.2, -0.15) is 5.10 Å². The van der Waals surface area contributed by atoms with Crippen molar-refractivity contribution in [3.63, 3.8) is 0 Å². The number of benzene rings is 1. The summed E-state index contributed by atoms with van der Waals surface area (Å²) in [6.07, 6.45) is 3.67. The van der Waals surface area contributed by atoms with Crippen LogP contribution in [0.1, 0.15) is 0 Å². The molecule has 0 aliphatic rings. The van der Waals surface area contributed by atoms with Crippen molar-refractivity contribution in [3.8, 4) is 0 Å². The average Bonchev–Trinajstić information content (AvgIpc) is 2.84. The van der Waals surface area contributed by atoms with Gasteiger partial charge in [0.25, 0.3) is 0 Å². The Labute approximate surface area is 102 Å². The number of fused-ring (bicyclic) bond motifs is 1. The summed E-state index contributed by atoms with van der Waals surface area (Å²) in [4.78, 5) is 4.47. The maximum atomic E-state index is 5.73. The van der Waals surface area contributed by atoms with Crippen molar-refractivity contribution in [2.75, 3.05) is 11.1 Å². The number of nitrogen functional groups attached to an aromatic ring is 1. The zero-order chi connectivity index (χ0) is 11.8. The maximum absolute atomic E-state index is 5.73. The Kier molecular flexibility index (Phi) is 2.22. The van der Waals surface area contributed by atoms with Gasteiger partial charge in [0, 0.05) is 18.9 Å². The van der Waals surface area contributed by atoms with Crippen LogP contribution in [-0.2, 0) is 7.05 Å². The standard InChI is InChI=1S/C11H11N5S/c1-16-6-8(5-13-16)14-11-15-9-3-2-7(12)4-10(9)17-11/h2-6H,12H2,1H3,(H,14,15). The summed E-state index contributed by atoms with van der Waals surface area (Å²) in [5, 5.41) is 8.15. The lowest BCUT2D eigenvalue weighted by atomic mass is 10.3. The molecule has 17 heavy (non-hydrogen) atoms. The second-order valence-corrected chi connectivity index (χ2v) is 4.80. The molecule has 0 unspecified atom stereocenters. The van der Waals surface area contributed by atoms with Gasteiger partial charge >= 0.3 is 0 Å². The molecule has 0 radical (unpaired) electrons. The summed E-state index contributed by atoms with van der Waals surface area (Å²) in [5.41, 5.74) is 8.38. The topological polar surface area (TPSA) is 68.8 Å². The van der Waals surface area contributed by atoms with Crippen molar-refractivity contribution in [1.82, 2.24) is 14.8 Å². The minimum Gasteiger partial charge on any atom is -0.399 e. The van der Waals surface area contributed by atoms with E-state index in [1.165, 1.54) is 0 Å². The molecule has 0 amide bonds. The molecule has 86 valence electrons. The molecular formula is C11H11N5S. The van der Waals surface area contributed by atoms with Crippen LogP contribution in [0, 0.1) is 0 Å². The predicted molar refractivity (Wildman–Crippen MR) is 70.5 cm³/mol. The molecule has 3 aromatic rings. The number of nitrogens with zero attached hydrogens (tertiary/aromatic N) is 3. The third-order valence-corrected chi connectivity index (χ3v) is 3.30. The third kappa shape index (κ3) is 1.94. The molecule has 3 N–H and O–H groups in total. The van der Waals surface area contributed by atoms with Crippen molar-refractivity contribution < 1.29 is 0 Å².